The summed E-state index contributed by atoms with van der Waals surface area (Å²) in [6, 6.07) is 8.97. The van der Waals surface area contributed by atoms with Crippen molar-refractivity contribution in [3.8, 4) is 0 Å². The molecule has 0 bridgehead atoms. The topological polar surface area (TPSA) is 59.8 Å². The third kappa shape index (κ3) is 3.11. The van der Waals surface area contributed by atoms with Crippen LogP contribution in [0, 0.1) is 5.82 Å². The Kier molecular flexibility index (Phi) is 4.14. The monoisotopic (exact) mass is 310 g/mol. The molecule has 0 fully saturated rings. The number of pyridine rings is 1. The van der Waals surface area contributed by atoms with E-state index in [0.29, 0.717) is 17.0 Å². The van der Waals surface area contributed by atoms with Crippen molar-refractivity contribution in [2.24, 2.45) is 7.05 Å². The van der Waals surface area contributed by atoms with Gasteiger partial charge in [0.1, 0.15) is 17.7 Å². The maximum atomic E-state index is 14.2. The number of nitrogens with zero attached hydrogens (tertiary/aromatic N) is 3. The molecule has 1 atom stereocenters. The van der Waals surface area contributed by atoms with Gasteiger partial charge in [-0.25, -0.2) is 9.37 Å². The summed E-state index contributed by atoms with van der Waals surface area (Å²) in [5.41, 5.74) is 0.766. The van der Waals surface area contributed by atoms with Crippen molar-refractivity contribution in [2.75, 3.05) is 0 Å². The Morgan fingerprint density at radius 1 is 1.22 bits per heavy atom. The number of nitrogens with one attached hydrogen (secondary N) is 1. The predicted octanol–water partition coefficient (Wildman–Crippen LogP) is 2.47. The second kappa shape index (κ2) is 6.39. The maximum Gasteiger partial charge on any atom is 0.253 e. The van der Waals surface area contributed by atoms with Crippen LogP contribution in [-0.4, -0.2) is 20.4 Å². The van der Waals surface area contributed by atoms with Gasteiger partial charge in [-0.1, -0.05) is 18.2 Å². The summed E-state index contributed by atoms with van der Waals surface area (Å²) in [5, 5.41) is 2.83. The number of carbonyl (C=O) groups excluding carboxylic acids is 1. The summed E-state index contributed by atoms with van der Waals surface area (Å²) in [6.07, 6.45) is 6.41. The Bertz CT molecular complexity index is 816. The Morgan fingerprint density at radius 2 is 2.04 bits per heavy atom. The largest absolute Gasteiger partial charge is 0.338 e. The van der Waals surface area contributed by atoms with E-state index in [1.807, 2.05) is 0 Å². The molecule has 0 aliphatic rings. The zero-order valence-electron chi connectivity index (χ0n) is 12.5. The zero-order valence-corrected chi connectivity index (χ0v) is 12.5. The highest BCUT2D eigenvalue weighted by molar-refractivity contribution is 5.94. The molecule has 23 heavy (non-hydrogen) atoms. The zero-order chi connectivity index (χ0) is 16.2. The van der Waals surface area contributed by atoms with E-state index in [9.17, 15) is 9.18 Å². The molecular formula is C17H15FN4O. The van der Waals surface area contributed by atoms with Crippen molar-refractivity contribution in [2.45, 2.75) is 6.04 Å². The number of benzene rings is 1. The molecule has 3 aromatic rings. The molecule has 0 unspecified atom stereocenters. The lowest BCUT2D eigenvalue weighted by Gasteiger charge is -2.19. The summed E-state index contributed by atoms with van der Waals surface area (Å²) in [5.74, 6) is -0.186. The van der Waals surface area contributed by atoms with Crippen LogP contribution in [0.25, 0.3) is 0 Å². The molecule has 0 saturated carbocycles. The highest BCUT2D eigenvalue weighted by Gasteiger charge is 2.23. The first-order valence-electron chi connectivity index (χ1n) is 7.09. The normalized spacial score (nSPS) is 11.9. The second-order valence-corrected chi connectivity index (χ2v) is 5.07. The van der Waals surface area contributed by atoms with E-state index in [1.165, 1.54) is 12.3 Å². The van der Waals surface area contributed by atoms with Crippen LogP contribution < -0.4 is 5.32 Å². The molecule has 1 aromatic carbocycles. The average molecular weight is 310 g/mol. The second-order valence-electron chi connectivity index (χ2n) is 5.07. The van der Waals surface area contributed by atoms with Gasteiger partial charge in [0, 0.05) is 37.4 Å². The van der Waals surface area contributed by atoms with Gasteiger partial charge in [0.25, 0.3) is 5.91 Å². The van der Waals surface area contributed by atoms with E-state index in [1.54, 1.807) is 60.5 Å². The van der Waals surface area contributed by atoms with Crippen molar-refractivity contribution >= 4 is 5.91 Å². The maximum absolute atomic E-state index is 14.2. The van der Waals surface area contributed by atoms with Crippen molar-refractivity contribution in [3.63, 3.8) is 0 Å². The Morgan fingerprint density at radius 3 is 2.70 bits per heavy atom. The van der Waals surface area contributed by atoms with Gasteiger partial charge >= 0.3 is 0 Å². The van der Waals surface area contributed by atoms with Gasteiger partial charge in [0.05, 0.1) is 5.56 Å². The first-order valence-corrected chi connectivity index (χ1v) is 7.09. The van der Waals surface area contributed by atoms with E-state index >= 15 is 0 Å². The lowest BCUT2D eigenvalue weighted by Crippen LogP contribution is -2.31. The van der Waals surface area contributed by atoms with Gasteiger partial charge in [-0.3, -0.25) is 9.78 Å². The predicted molar refractivity (Wildman–Crippen MR) is 83.2 cm³/mol. The Hall–Kier alpha value is -3.02. The molecule has 2 heterocycles. The van der Waals surface area contributed by atoms with Crippen molar-refractivity contribution in [3.05, 3.63) is 84.0 Å². The molecule has 0 spiro atoms. The van der Waals surface area contributed by atoms with E-state index < -0.39 is 11.9 Å². The van der Waals surface area contributed by atoms with Crippen LogP contribution in [0.15, 0.2) is 61.2 Å². The van der Waals surface area contributed by atoms with Crippen molar-refractivity contribution < 1.29 is 9.18 Å². The third-order valence-electron chi connectivity index (χ3n) is 3.53. The molecule has 2 aromatic heterocycles. The minimum atomic E-state index is -0.691. The first-order chi connectivity index (χ1) is 11.2. The molecule has 0 aliphatic carbocycles. The van der Waals surface area contributed by atoms with Crippen molar-refractivity contribution in [1.82, 2.24) is 19.9 Å². The number of amides is 1. The van der Waals surface area contributed by atoms with Gasteiger partial charge in [-0.15, -0.1) is 0 Å². The molecule has 0 aliphatic heterocycles. The summed E-state index contributed by atoms with van der Waals surface area (Å²) in [4.78, 5) is 20.6. The number of aryl methyl sites for hydroxylation is 1. The molecule has 0 saturated heterocycles. The van der Waals surface area contributed by atoms with Gasteiger partial charge in [-0.05, 0) is 18.2 Å². The fourth-order valence-electron chi connectivity index (χ4n) is 2.36. The molecule has 5 nitrogen and oxygen atoms in total. The van der Waals surface area contributed by atoms with Crippen LogP contribution in [-0.2, 0) is 7.05 Å². The lowest BCUT2D eigenvalue weighted by molar-refractivity contribution is 0.0940. The highest BCUT2D eigenvalue weighted by atomic mass is 19.1. The molecule has 1 N–H and O–H groups in total. The van der Waals surface area contributed by atoms with E-state index in [0.717, 1.165) is 0 Å². The van der Waals surface area contributed by atoms with E-state index in [2.05, 4.69) is 15.3 Å². The number of halogens is 1. The smallest absolute Gasteiger partial charge is 0.253 e. The van der Waals surface area contributed by atoms with Crippen LogP contribution in [0.4, 0.5) is 4.39 Å². The molecule has 3 rings (SSSR count). The van der Waals surface area contributed by atoms with Crippen LogP contribution in [0.1, 0.15) is 27.8 Å². The molecule has 6 heteroatoms. The Balaban J connectivity index is 1.98. The standard InChI is InChI=1S/C17H15FN4O/c1-22-10-9-20-16(22)15(13-6-2-3-7-14(13)18)21-17(23)12-5-4-8-19-11-12/h2-11,15H,1H3,(H,21,23)/t15-/m0/s1. The summed E-state index contributed by atoms with van der Waals surface area (Å²) < 4.78 is 16.0. The average Bonchev–Trinajstić information content (AvgIpc) is 3.00. The molecule has 1 amide bonds. The molecule has 116 valence electrons. The summed E-state index contributed by atoms with van der Waals surface area (Å²) in [6.45, 7) is 0. The van der Waals surface area contributed by atoms with Crippen LogP contribution in [0.3, 0.4) is 0 Å². The highest BCUT2D eigenvalue weighted by Crippen LogP contribution is 2.23. The lowest BCUT2D eigenvalue weighted by atomic mass is 10.0. The first kappa shape index (κ1) is 14.9. The summed E-state index contributed by atoms with van der Waals surface area (Å²) in [7, 11) is 1.80. The van der Waals surface area contributed by atoms with E-state index in [-0.39, 0.29) is 5.91 Å². The number of hydrogen-bond donors (Lipinski definition) is 1. The van der Waals surface area contributed by atoms with Gasteiger partial charge in [-0.2, -0.15) is 0 Å². The number of rotatable bonds is 4. The van der Waals surface area contributed by atoms with Gasteiger partial charge in [0.15, 0.2) is 0 Å². The van der Waals surface area contributed by atoms with Crippen molar-refractivity contribution in [1.29, 1.82) is 0 Å². The number of hydrogen-bond acceptors (Lipinski definition) is 3. The van der Waals surface area contributed by atoms with E-state index in [4.69, 9.17) is 0 Å². The summed E-state index contributed by atoms with van der Waals surface area (Å²) >= 11 is 0. The minimum absolute atomic E-state index is 0.339. The quantitative estimate of drug-likeness (QED) is 0.805. The van der Waals surface area contributed by atoms with Crippen LogP contribution >= 0.6 is 0 Å². The molecule has 0 radical (unpaired) electrons. The Labute approximate surface area is 132 Å². The van der Waals surface area contributed by atoms with Crippen LogP contribution in [0.2, 0.25) is 0 Å². The number of aromatic nitrogens is 3. The number of imidazole rings is 1. The fraction of sp³-hybridized carbons (Fsp3) is 0.118. The van der Waals surface area contributed by atoms with Crippen LogP contribution in [0.5, 0.6) is 0 Å². The number of carbonyl (C=O) groups is 1. The van der Waals surface area contributed by atoms with Gasteiger partial charge in [0.2, 0.25) is 0 Å². The minimum Gasteiger partial charge on any atom is -0.338 e. The molecular weight excluding hydrogens is 295 g/mol. The SMILES string of the molecule is Cn1ccnc1[C@@H](NC(=O)c1cccnc1)c1ccccc1F. The third-order valence-corrected chi connectivity index (χ3v) is 3.53. The fourth-order valence-corrected chi connectivity index (χ4v) is 2.36. The van der Waals surface area contributed by atoms with Gasteiger partial charge < -0.3 is 9.88 Å².